The van der Waals surface area contributed by atoms with E-state index >= 15 is 0 Å². The van der Waals surface area contributed by atoms with Gasteiger partial charge in [-0.15, -0.1) is 0 Å². The SMILES string of the molecule is O=[N+]([O-])c1ccc(C#Cc2ccccc2)c(C(F)(F)F)c1. The Morgan fingerprint density at radius 1 is 1.00 bits per heavy atom. The third-order valence-electron chi connectivity index (χ3n) is 2.63. The summed E-state index contributed by atoms with van der Waals surface area (Å²) in [6, 6.07) is 11.0. The molecule has 0 spiro atoms. The van der Waals surface area contributed by atoms with Gasteiger partial charge in [0.05, 0.1) is 10.5 Å². The summed E-state index contributed by atoms with van der Waals surface area (Å²) in [4.78, 5) is 9.70. The molecule has 0 aliphatic carbocycles. The van der Waals surface area contributed by atoms with Crippen LogP contribution in [0.2, 0.25) is 0 Å². The number of nitro groups is 1. The van der Waals surface area contributed by atoms with Gasteiger partial charge < -0.3 is 0 Å². The van der Waals surface area contributed by atoms with E-state index in [9.17, 15) is 23.3 Å². The van der Waals surface area contributed by atoms with Crippen molar-refractivity contribution in [2.45, 2.75) is 6.18 Å². The second-order valence-corrected chi connectivity index (χ2v) is 4.10. The fourth-order valence-electron chi connectivity index (χ4n) is 1.65. The number of non-ortho nitro benzene ring substituents is 1. The molecule has 0 heterocycles. The highest BCUT2D eigenvalue weighted by Crippen LogP contribution is 2.34. The molecule has 2 rings (SSSR count). The van der Waals surface area contributed by atoms with Crippen LogP contribution in [-0.4, -0.2) is 4.92 Å². The van der Waals surface area contributed by atoms with Gasteiger partial charge in [-0.25, -0.2) is 0 Å². The molecule has 0 saturated carbocycles. The Balaban J connectivity index is 2.49. The molecule has 2 aromatic rings. The molecule has 0 amide bonds. The normalized spacial score (nSPS) is 10.6. The molecule has 3 nitrogen and oxygen atoms in total. The molecule has 106 valence electrons. The first-order chi connectivity index (χ1) is 9.88. The van der Waals surface area contributed by atoms with Crippen LogP contribution in [-0.2, 0) is 6.18 Å². The summed E-state index contributed by atoms with van der Waals surface area (Å²) in [5, 5.41) is 10.6. The summed E-state index contributed by atoms with van der Waals surface area (Å²) in [7, 11) is 0. The van der Waals surface area contributed by atoms with Crippen molar-refractivity contribution >= 4 is 5.69 Å². The van der Waals surface area contributed by atoms with Gasteiger partial charge in [0.1, 0.15) is 0 Å². The van der Waals surface area contributed by atoms with Crippen molar-refractivity contribution in [2.75, 3.05) is 0 Å². The number of hydrogen-bond donors (Lipinski definition) is 0. The lowest BCUT2D eigenvalue weighted by molar-refractivity contribution is -0.385. The fourth-order valence-corrected chi connectivity index (χ4v) is 1.65. The van der Waals surface area contributed by atoms with Gasteiger partial charge in [0.15, 0.2) is 0 Å². The minimum absolute atomic E-state index is 0.294. The van der Waals surface area contributed by atoms with Gasteiger partial charge in [-0.3, -0.25) is 10.1 Å². The molecule has 21 heavy (non-hydrogen) atoms. The predicted molar refractivity (Wildman–Crippen MR) is 70.5 cm³/mol. The molecule has 0 aromatic heterocycles. The number of hydrogen-bond acceptors (Lipinski definition) is 2. The zero-order valence-electron chi connectivity index (χ0n) is 10.5. The van der Waals surface area contributed by atoms with Crippen molar-refractivity contribution in [3.63, 3.8) is 0 Å². The van der Waals surface area contributed by atoms with E-state index in [1.807, 2.05) is 0 Å². The lowest BCUT2D eigenvalue weighted by Crippen LogP contribution is -2.08. The molecule has 0 atom stereocenters. The summed E-state index contributed by atoms with van der Waals surface area (Å²) in [5.74, 6) is 5.01. The summed E-state index contributed by atoms with van der Waals surface area (Å²) < 4.78 is 38.8. The van der Waals surface area contributed by atoms with Gasteiger partial charge in [0.2, 0.25) is 0 Å². The molecule has 2 aromatic carbocycles. The van der Waals surface area contributed by atoms with Crippen LogP contribution in [0.4, 0.5) is 18.9 Å². The lowest BCUT2D eigenvalue weighted by Gasteiger charge is -2.08. The maximum Gasteiger partial charge on any atom is 0.417 e. The van der Waals surface area contributed by atoms with Crippen LogP contribution in [0.5, 0.6) is 0 Å². The molecule has 0 saturated heterocycles. The highest BCUT2D eigenvalue weighted by Gasteiger charge is 2.34. The maximum atomic E-state index is 12.9. The van der Waals surface area contributed by atoms with Crippen molar-refractivity contribution < 1.29 is 18.1 Å². The number of nitrogens with zero attached hydrogens (tertiary/aromatic N) is 1. The Labute approximate surface area is 118 Å². The van der Waals surface area contributed by atoms with Crippen molar-refractivity contribution in [1.82, 2.24) is 0 Å². The molecule has 0 aliphatic heterocycles. The van der Waals surface area contributed by atoms with Crippen LogP contribution in [0, 0.1) is 22.0 Å². The first kappa shape index (κ1) is 14.6. The number of rotatable bonds is 1. The van der Waals surface area contributed by atoms with Gasteiger partial charge >= 0.3 is 6.18 Å². The first-order valence-corrected chi connectivity index (χ1v) is 5.80. The minimum Gasteiger partial charge on any atom is -0.258 e. The largest absolute Gasteiger partial charge is 0.417 e. The zero-order chi connectivity index (χ0) is 15.5. The number of benzene rings is 2. The number of alkyl halides is 3. The highest BCUT2D eigenvalue weighted by atomic mass is 19.4. The van der Waals surface area contributed by atoms with E-state index in [4.69, 9.17) is 0 Å². The second-order valence-electron chi connectivity index (χ2n) is 4.10. The quantitative estimate of drug-likeness (QED) is 0.452. The molecule has 0 radical (unpaired) electrons. The van der Waals surface area contributed by atoms with Gasteiger partial charge in [0.25, 0.3) is 5.69 Å². The van der Waals surface area contributed by atoms with Crippen LogP contribution in [0.1, 0.15) is 16.7 Å². The van der Waals surface area contributed by atoms with E-state index in [2.05, 4.69) is 11.8 Å². The molecule has 0 bridgehead atoms. The van der Waals surface area contributed by atoms with E-state index in [1.165, 1.54) is 0 Å². The summed E-state index contributed by atoms with van der Waals surface area (Å²) in [5.41, 5.74) is -1.46. The average molecular weight is 291 g/mol. The van der Waals surface area contributed by atoms with E-state index in [1.54, 1.807) is 30.3 Å². The Morgan fingerprint density at radius 3 is 2.24 bits per heavy atom. The van der Waals surface area contributed by atoms with Crippen molar-refractivity contribution in [3.05, 3.63) is 75.3 Å². The van der Waals surface area contributed by atoms with Gasteiger partial charge in [0, 0.05) is 23.3 Å². The monoisotopic (exact) mass is 291 g/mol. The van der Waals surface area contributed by atoms with Crippen LogP contribution in [0.3, 0.4) is 0 Å². The zero-order valence-corrected chi connectivity index (χ0v) is 10.5. The summed E-state index contributed by atoms with van der Waals surface area (Å²) >= 11 is 0. The van der Waals surface area contributed by atoms with Gasteiger partial charge in [-0.2, -0.15) is 13.2 Å². The third kappa shape index (κ3) is 3.60. The minimum atomic E-state index is -4.70. The Kier molecular flexibility index (Phi) is 3.94. The predicted octanol–water partition coefficient (Wildman–Crippen LogP) is 4.01. The van der Waals surface area contributed by atoms with Gasteiger partial charge in [-0.05, 0) is 18.2 Å². The highest BCUT2D eigenvalue weighted by molar-refractivity contribution is 5.51. The lowest BCUT2D eigenvalue weighted by atomic mass is 10.1. The third-order valence-corrected chi connectivity index (χ3v) is 2.63. The molecule has 6 heteroatoms. The Morgan fingerprint density at radius 2 is 1.67 bits per heavy atom. The topological polar surface area (TPSA) is 43.1 Å². The molecule has 0 fully saturated rings. The van der Waals surface area contributed by atoms with Crippen molar-refractivity contribution in [1.29, 1.82) is 0 Å². The Bertz CT molecular complexity index is 728. The smallest absolute Gasteiger partial charge is 0.258 e. The van der Waals surface area contributed by atoms with E-state index in [0.29, 0.717) is 11.6 Å². The summed E-state index contributed by atoms with van der Waals surface area (Å²) in [6.45, 7) is 0. The fraction of sp³-hybridized carbons (Fsp3) is 0.0667. The van der Waals surface area contributed by atoms with Crippen LogP contribution in [0.25, 0.3) is 0 Å². The maximum absolute atomic E-state index is 12.9. The molecular weight excluding hydrogens is 283 g/mol. The molecule has 0 unspecified atom stereocenters. The molecule has 0 aliphatic rings. The standard InChI is InChI=1S/C15H8F3NO2/c16-15(17,18)14-10-13(19(20)21)9-8-12(14)7-6-11-4-2-1-3-5-11/h1-5,8-10H. The number of nitro benzene ring substituents is 1. The van der Waals surface area contributed by atoms with Crippen LogP contribution in [0.15, 0.2) is 48.5 Å². The van der Waals surface area contributed by atoms with E-state index in [-0.39, 0.29) is 5.56 Å². The van der Waals surface area contributed by atoms with Gasteiger partial charge in [-0.1, -0.05) is 30.0 Å². The van der Waals surface area contributed by atoms with Crippen LogP contribution >= 0.6 is 0 Å². The van der Waals surface area contributed by atoms with Crippen LogP contribution < -0.4 is 0 Å². The summed E-state index contributed by atoms with van der Waals surface area (Å²) in [6.07, 6.45) is -4.70. The average Bonchev–Trinajstić information content (AvgIpc) is 2.45. The first-order valence-electron chi connectivity index (χ1n) is 5.80. The van der Waals surface area contributed by atoms with Crippen molar-refractivity contribution in [2.24, 2.45) is 0 Å². The molecular formula is C15H8F3NO2. The molecule has 0 N–H and O–H groups in total. The van der Waals surface area contributed by atoms with E-state index < -0.39 is 22.4 Å². The van der Waals surface area contributed by atoms with Crippen molar-refractivity contribution in [3.8, 4) is 11.8 Å². The second kappa shape index (κ2) is 5.67. The Hall–Kier alpha value is -2.81. The van der Waals surface area contributed by atoms with E-state index in [0.717, 1.165) is 12.1 Å². The number of halogens is 3.